The predicted octanol–water partition coefficient (Wildman–Crippen LogP) is 3.70. The van der Waals surface area contributed by atoms with Gasteiger partial charge in [-0.25, -0.2) is 4.79 Å². The molecule has 0 aliphatic heterocycles. The molecule has 1 fully saturated rings. The summed E-state index contributed by atoms with van der Waals surface area (Å²) in [7, 11) is 0. The van der Waals surface area contributed by atoms with Crippen molar-refractivity contribution >= 4 is 6.09 Å². The third-order valence-corrected chi connectivity index (χ3v) is 4.55. The van der Waals surface area contributed by atoms with Crippen LogP contribution < -0.4 is 10.6 Å². The van der Waals surface area contributed by atoms with Gasteiger partial charge in [0.15, 0.2) is 0 Å². The molecule has 4 unspecified atom stereocenters. The van der Waals surface area contributed by atoms with Gasteiger partial charge in [0, 0.05) is 18.6 Å². The summed E-state index contributed by atoms with van der Waals surface area (Å²) in [6.07, 6.45) is 4.48. The molecule has 21 heavy (non-hydrogen) atoms. The van der Waals surface area contributed by atoms with Gasteiger partial charge < -0.3 is 15.4 Å². The summed E-state index contributed by atoms with van der Waals surface area (Å²) in [5, 5.41) is 6.62. The molecule has 4 atom stereocenters. The fourth-order valence-corrected chi connectivity index (χ4v) is 2.94. The summed E-state index contributed by atoms with van der Waals surface area (Å²) in [5.41, 5.74) is -0.441. The second-order valence-corrected chi connectivity index (χ2v) is 7.53. The fraction of sp³-hybridized carbons (Fsp3) is 0.941. The van der Waals surface area contributed by atoms with Gasteiger partial charge in [-0.05, 0) is 45.4 Å². The van der Waals surface area contributed by atoms with Crippen LogP contribution in [0.5, 0.6) is 0 Å². The Morgan fingerprint density at radius 1 is 1.29 bits per heavy atom. The number of amides is 1. The Morgan fingerprint density at radius 2 is 1.95 bits per heavy atom. The van der Waals surface area contributed by atoms with Gasteiger partial charge in [0.2, 0.25) is 0 Å². The van der Waals surface area contributed by atoms with E-state index in [1.165, 1.54) is 19.3 Å². The number of nitrogens with one attached hydrogen (secondary N) is 2. The van der Waals surface area contributed by atoms with Gasteiger partial charge in [-0.3, -0.25) is 0 Å². The number of rotatable bonds is 5. The van der Waals surface area contributed by atoms with Gasteiger partial charge >= 0.3 is 6.09 Å². The standard InChI is InChI=1S/C17H34N2O2/c1-7-14(19-16(20)21-17(4,5)6)11-18-15-10-8-9-12(2)13(15)3/h12-15,18H,7-11H2,1-6H3,(H,19,20). The molecule has 1 rings (SSSR count). The second-order valence-electron chi connectivity index (χ2n) is 7.53. The highest BCUT2D eigenvalue weighted by Gasteiger charge is 2.27. The van der Waals surface area contributed by atoms with Crippen LogP contribution in [0.1, 0.15) is 67.2 Å². The molecular formula is C17H34N2O2. The number of ether oxygens (including phenoxy) is 1. The molecule has 0 spiro atoms. The van der Waals surface area contributed by atoms with Crippen LogP contribution in [0.25, 0.3) is 0 Å². The number of carbonyl (C=O) groups is 1. The molecule has 0 radical (unpaired) electrons. The Bertz CT molecular complexity index is 325. The largest absolute Gasteiger partial charge is 0.444 e. The van der Waals surface area contributed by atoms with Crippen LogP contribution in [-0.2, 0) is 4.74 Å². The summed E-state index contributed by atoms with van der Waals surface area (Å²) >= 11 is 0. The summed E-state index contributed by atoms with van der Waals surface area (Å²) < 4.78 is 5.32. The van der Waals surface area contributed by atoms with Crippen molar-refractivity contribution in [2.24, 2.45) is 11.8 Å². The van der Waals surface area contributed by atoms with Crippen molar-refractivity contribution in [2.45, 2.75) is 84.9 Å². The normalized spacial score (nSPS) is 28.0. The van der Waals surface area contributed by atoms with Gasteiger partial charge in [-0.1, -0.05) is 33.6 Å². The van der Waals surface area contributed by atoms with Crippen molar-refractivity contribution in [3.8, 4) is 0 Å². The highest BCUT2D eigenvalue weighted by atomic mass is 16.6. The molecule has 0 heterocycles. The van der Waals surface area contributed by atoms with Crippen LogP contribution in [-0.4, -0.2) is 30.3 Å². The molecule has 1 saturated carbocycles. The van der Waals surface area contributed by atoms with E-state index in [2.05, 4.69) is 31.4 Å². The summed E-state index contributed by atoms with van der Waals surface area (Å²) in [5.74, 6) is 1.49. The Labute approximate surface area is 130 Å². The van der Waals surface area contributed by atoms with E-state index in [0.717, 1.165) is 18.9 Å². The summed E-state index contributed by atoms with van der Waals surface area (Å²) in [6, 6.07) is 0.701. The molecule has 2 N–H and O–H groups in total. The molecule has 0 aromatic carbocycles. The molecule has 4 heteroatoms. The minimum atomic E-state index is -0.441. The molecule has 124 valence electrons. The molecule has 1 amide bonds. The number of carbonyl (C=O) groups excluding carboxylic acids is 1. The Kier molecular flexibility index (Phi) is 6.98. The fourth-order valence-electron chi connectivity index (χ4n) is 2.94. The predicted molar refractivity (Wildman–Crippen MR) is 87.4 cm³/mol. The molecular weight excluding hydrogens is 264 g/mol. The quantitative estimate of drug-likeness (QED) is 0.813. The molecule has 0 aromatic rings. The third-order valence-electron chi connectivity index (χ3n) is 4.55. The van der Waals surface area contributed by atoms with Crippen LogP contribution in [0.15, 0.2) is 0 Å². The van der Waals surface area contributed by atoms with Gasteiger partial charge in [0.05, 0.1) is 0 Å². The van der Waals surface area contributed by atoms with Crippen LogP contribution >= 0.6 is 0 Å². The number of hydrogen-bond acceptors (Lipinski definition) is 3. The number of alkyl carbamates (subject to hydrolysis) is 1. The Hall–Kier alpha value is -0.770. The van der Waals surface area contributed by atoms with E-state index in [0.29, 0.717) is 12.0 Å². The molecule has 1 aliphatic rings. The van der Waals surface area contributed by atoms with Gasteiger partial charge in [0.25, 0.3) is 0 Å². The van der Waals surface area contributed by atoms with Crippen molar-refractivity contribution < 1.29 is 9.53 Å². The SMILES string of the molecule is CCC(CNC1CCCC(C)C1C)NC(=O)OC(C)(C)C. The van der Waals surface area contributed by atoms with E-state index in [9.17, 15) is 4.79 Å². The molecule has 0 bridgehead atoms. The molecule has 0 aromatic heterocycles. The van der Waals surface area contributed by atoms with E-state index >= 15 is 0 Å². The van der Waals surface area contributed by atoms with E-state index < -0.39 is 5.60 Å². The van der Waals surface area contributed by atoms with Crippen LogP contribution in [0.3, 0.4) is 0 Å². The first kappa shape index (κ1) is 18.3. The van der Waals surface area contributed by atoms with Crippen molar-refractivity contribution in [3.63, 3.8) is 0 Å². The smallest absolute Gasteiger partial charge is 0.407 e. The summed E-state index contributed by atoms with van der Waals surface area (Å²) in [4.78, 5) is 11.8. The van der Waals surface area contributed by atoms with E-state index in [-0.39, 0.29) is 12.1 Å². The Morgan fingerprint density at radius 3 is 2.52 bits per heavy atom. The number of hydrogen-bond donors (Lipinski definition) is 2. The van der Waals surface area contributed by atoms with Crippen molar-refractivity contribution in [1.29, 1.82) is 0 Å². The maximum Gasteiger partial charge on any atom is 0.407 e. The average Bonchev–Trinajstić information content (AvgIpc) is 2.36. The summed E-state index contributed by atoms with van der Waals surface area (Å²) in [6.45, 7) is 13.2. The first-order valence-electron chi connectivity index (χ1n) is 8.45. The average molecular weight is 298 g/mol. The third kappa shape index (κ3) is 6.68. The maximum absolute atomic E-state index is 11.8. The van der Waals surface area contributed by atoms with Gasteiger partial charge in [-0.2, -0.15) is 0 Å². The zero-order valence-electron chi connectivity index (χ0n) is 14.7. The lowest BCUT2D eigenvalue weighted by atomic mass is 9.78. The van der Waals surface area contributed by atoms with E-state index in [4.69, 9.17) is 4.74 Å². The van der Waals surface area contributed by atoms with Gasteiger partial charge in [-0.15, -0.1) is 0 Å². The van der Waals surface area contributed by atoms with Crippen LogP contribution in [0, 0.1) is 11.8 Å². The van der Waals surface area contributed by atoms with E-state index in [1.807, 2.05) is 20.8 Å². The van der Waals surface area contributed by atoms with Crippen molar-refractivity contribution in [2.75, 3.05) is 6.54 Å². The lowest BCUT2D eigenvalue weighted by Crippen LogP contribution is -2.49. The Balaban J connectivity index is 2.38. The minimum absolute atomic E-state index is 0.129. The zero-order valence-corrected chi connectivity index (χ0v) is 14.7. The van der Waals surface area contributed by atoms with E-state index in [1.54, 1.807) is 0 Å². The van der Waals surface area contributed by atoms with Crippen LogP contribution in [0.2, 0.25) is 0 Å². The monoisotopic (exact) mass is 298 g/mol. The zero-order chi connectivity index (χ0) is 16.0. The lowest BCUT2D eigenvalue weighted by Gasteiger charge is -2.35. The molecule has 1 aliphatic carbocycles. The lowest BCUT2D eigenvalue weighted by molar-refractivity contribution is 0.0500. The first-order chi connectivity index (χ1) is 9.73. The van der Waals surface area contributed by atoms with Crippen molar-refractivity contribution in [1.82, 2.24) is 10.6 Å². The second kappa shape index (κ2) is 8.02. The minimum Gasteiger partial charge on any atom is -0.444 e. The van der Waals surface area contributed by atoms with Gasteiger partial charge in [0.1, 0.15) is 5.60 Å². The van der Waals surface area contributed by atoms with Crippen LogP contribution in [0.4, 0.5) is 4.79 Å². The maximum atomic E-state index is 11.8. The first-order valence-corrected chi connectivity index (χ1v) is 8.45. The molecule has 4 nitrogen and oxygen atoms in total. The highest BCUT2D eigenvalue weighted by Crippen LogP contribution is 2.29. The highest BCUT2D eigenvalue weighted by molar-refractivity contribution is 5.68. The topological polar surface area (TPSA) is 50.4 Å². The molecule has 0 saturated heterocycles. The van der Waals surface area contributed by atoms with Crippen molar-refractivity contribution in [3.05, 3.63) is 0 Å².